The summed E-state index contributed by atoms with van der Waals surface area (Å²) in [6, 6.07) is 20.0. The van der Waals surface area contributed by atoms with Gasteiger partial charge in [0.2, 0.25) is 0 Å². The summed E-state index contributed by atoms with van der Waals surface area (Å²) in [5.74, 6) is 0.0932. The molecule has 0 saturated heterocycles. The molecule has 0 heterocycles. The van der Waals surface area contributed by atoms with Gasteiger partial charge < -0.3 is 14.6 Å². The summed E-state index contributed by atoms with van der Waals surface area (Å²) in [6.07, 6.45) is 1.71. The van der Waals surface area contributed by atoms with Crippen molar-refractivity contribution in [3.63, 3.8) is 0 Å². The Morgan fingerprint density at radius 2 is 1.77 bits per heavy atom. The molecule has 0 fully saturated rings. The van der Waals surface area contributed by atoms with Crippen LogP contribution in [0.25, 0.3) is 11.6 Å². The van der Waals surface area contributed by atoms with Crippen LogP contribution in [0.3, 0.4) is 0 Å². The van der Waals surface area contributed by atoms with E-state index in [4.69, 9.17) is 14.6 Å². The SMILES string of the molecule is COc1cc(/C=C(/C#N)c2ccc(C(=O)O)cc2)cc(Br)c1OCc1ccc(I)cc1. The Kier molecular flexibility index (Phi) is 7.71. The Labute approximate surface area is 202 Å². The Hall–Kier alpha value is -2.83. The third-order valence-corrected chi connectivity index (χ3v) is 5.73. The maximum absolute atomic E-state index is 11.0. The van der Waals surface area contributed by atoms with Crippen LogP contribution in [0, 0.1) is 14.9 Å². The third-order valence-electron chi connectivity index (χ3n) is 4.42. The van der Waals surface area contributed by atoms with Gasteiger partial charge in [0.05, 0.1) is 28.8 Å². The van der Waals surface area contributed by atoms with Crippen molar-refractivity contribution < 1.29 is 19.4 Å². The van der Waals surface area contributed by atoms with E-state index >= 15 is 0 Å². The molecule has 0 aliphatic carbocycles. The van der Waals surface area contributed by atoms with E-state index in [1.807, 2.05) is 30.3 Å². The topological polar surface area (TPSA) is 79.5 Å². The van der Waals surface area contributed by atoms with Crippen molar-refractivity contribution in [1.29, 1.82) is 5.26 Å². The molecule has 0 amide bonds. The zero-order chi connectivity index (χ0) is 22.4. The third kappa shape index (κ3) is 5.87. The second-order valence-electron chi connectivity index (χ2n) is 6.50. The monoisotopic (exact) mass is 589 g/mol. The molecule has 0 aliphatic heterocycles. The van der Waals surface area contributed by atoms with Gasteiger partial charge in [0.1, 0.15) is 6.61 Å². The van der Waals surface area contributed by atoms with Crippen LogP contribution in [0.15, 0.2) is 65.1 Å². The zero-order valence-corrected chi connectivity index (χ0v) is 20.2. The van der Waals surface area contributed by atoms with E-state index in [1.165, 1.54) is 12.1 Å². The number of carboxylic acid groups (broad SMARTS) is 1. The smallest absolute Gasteiger partial charge is 0.335 e. The minimum atomic E-state index is -1.01. The molecule has 156 valence electrons. The Balaban J connectivity index is 1.87. The summed E-state index contributed by atoms with van der Waals surface area (Å²) < 4.78 is 13.3. The number of aromatic carboxylic acids is 1. The molecule has 31 heavy (non-hydrogen) atoms. The van der Waals surface area contributed by atoms with Crippen molar-refractivity contribution in [2.45, 2.75) is 6.61 Å². The number of benzene rings is 3. The summed E-state index contributed by atoms with van der Waals surface area (Å²) in [6.45, 7) is 0.389. The Morgan fingerprint density at radius 3 is 2.35 bits per heavy atom. The molecular formula is C24H17BrINO4. The van der Waals surface area contributed by atoms with E-state index in [1.54, 1.807) is 31.4 Å². The first kappa shape index (κ1) is 22.8. The molecule has 0 aromatic heterocycles. The van der Waals surface area contributed by atoms with Crippen molar-refractivity contribution in [3.8, 4) is 17.6 Å². The van der Waals surface area contributed by atoms with E-state index in [0.717, 1.165) is 14.7 Å². The molecule has 7 heteroatoms. The van der Waals surface area contributed by atoms with Gasteiger partial charge in [-0.1, -0.05) is 24.3 Å². The van der Waals surface area contributed by atoms with E-state index in [-0.39, 0.29) is 5.56 Å². The molecule has 0 atom stereocenters. The summed E-state index contributed by atoms with van der Waals surface area (Å²) in [5.41, 5.74) is 2.97. The van der Waals surface area contributed by atoms with Crippen LogP contribution in [0.1, 0.15) is 27.0 Å². The number of nitriles is 1. The average molecular weight is 590 g/mol. The highest BCUT2D eigenvalue weighted by Crippen LogP contribution is 2.38. The van der Waals surface area contributed by atoms with Crippen LogP contribution in [0.5, 0.6) is 11.5 Å². The Morgan fingerprint density at radius 1 is 1.13 bits per heavy atom. The molecule has 3 aromatic rings. The minimum Gasteiger partial charge on any atom is -0.493 e. The lowest BCUT2D eigenvalue weighted by Crippen LogP contribution is -1.99. The van der Waals surface area contributed by atoms with E-state index in [0.29, 0.717) is 33.7 Å². The molecule has 3 aromatic carbocycles. The second-order valence-corrected chi connectivity index (χ2v) is 8.60. The van der Waals surface area contributed by atoms with E-state index in [9.17, 15) is 10.1 Å². The first-order chi connectivity index (χ1) is 14.9. The fourth-order valence-corrected chi connectivity index (χ4v) is 3.77. The second kappa shape index (κ2) is 10.5. The van der Waals surface area contributed by atoms with Gasteiger partial charge in [0.15, 0.2) is 11.5 Å². The number of hydrogen-bond donors (Lipinski definition) is 1. The van der Waals surface area contributed by atoms with Crippen molar-refractivity contribution in [1.82, 2.24) is 0 Å². The number of allylic oxidation sites excluding steroid dienone is 1. The van der Waals surface area contributed by atoms with E-state index < -0.39 is 5.97 Å². The fourth-order valence-electron chi connectivity index (χ4n) is 2.84. The highest BCUT2D eigenvalue weighted by molar-refractivity contribution is 14.1. The summed E-state index contributed by atoms with van der Waals surface area (Å²) in [7, 11) is 1.56. The zero-order valence-electron chi connectivity index (χ0n) is 16.4. The van der Waals surface area contributed by atoms with Crippen molar-refractivity contribution in [2.75, 3.05) is 7.11 Å². The molecule has 0 bridgehead atoms. The average Bonchev–Trinajstić information content (AvgIpc) is 2.77. The highest BCUT2D eigenvalue weighted by Gasteiger charge is 2.13. The van der Waals surface area contributed by atoms with Crippen LogP contribution in [0.4, 0.5) is 0 Å². The van der Waals surface area contributed by atoms with Gasteiger partial charge in [-0.2, -0.15) is 5.26 Å². The molecule has 5 nitrogen and oxygen atoms in total. The van der Waals surface area contributed by atoms with E-state index in [2.05, 4.69) is 44.6 Å². The first-order valence-electron chi connectivity index (χ1n) is 9.11. The molecule has 0 spiro atoms. The maximum atomic E-state index is 11.0. The van der Waals surface area contributed by atoms with Gasteiger partial charge in [0, 0.05) is 3.57 Å². The number of rotatable bonds is 7. The van der Waals surface area contributed by atoms with Gasteiger partial charge in [-0.25, -0.2) is 4.79 Å². The number of ether oxygens (including phenoxy) is 2. The molecule has 0 unspecified atom stereocenters. The van der Waals surface area contributed by atoms with Crippen LogP contribution in [-0.4, -0.2) is 18.2 Å². The number of carbonyl (C=O) groups is 1. The fraction of sp³-hybridized carbons (Fsp3) is 0.0833. The van der Waals surface area contributed by atoms with Crippen LogP contribution in [-0.2, 0) is 6.61 Å². The van der Waals surface area contributed by atoms with Crippen LogP contribution >= 0.6 is 38.5 Å². The van der Waals surface area contributed by atoms with Gasteiger partial charge in [-0.15, -0.1) is 0 Å². The van der Waals surface area contributed by atoms with Gasteiger partial charge in [-0.3, -0.25) is 0 Å². The predicted octanol–water partition coefficient (Wildman–Crippen LogP) is 6.40. The lowest BCUT2D eigenvalue weighted by molar-refractivity contribution is 0.0697. The number of halogens is 2. The normalized spacial score (nSPS) is 11.0. The Bertz CT molecular complexity index is 1170. The van der Waals surface area contributed by atoms with Crippen LogP contribution < -0.4 is 9.47 Å². The minimum absolute atomic E-state index is 0.167. The first-order valence-corrected chi connectivity index (χ1v) is 11.0. The number of carboxylic acids is 1. The molecule has 3 rings (SSSR count). The van der Waals surface area contributed by atoms with Crippen molar-refractivity contribution in [3.05, 3.63) is 91.0 Å². The molecule has 0 aliphatic rings. The maximum Gasteiger partial charge on any atom is 0.335 e. The van der Waals surface area contributed by atoms with Crippen molar-refractivity contribution >= 4 is 56.1 Å². The lowest BCUT2D eigenvalue weighted by atomic mass is 10.0. The number of hydrogen-bond acceptors (Lipinski definition) is 4. The molecular weight excluding hydrogens is 573 g/mol. The van der Waals surface area contributed by atoms with Crippen LogP contribution in [0.2, 0.25) is 0 Å². The quantitative estimate of drug-likeness (QED) is 0.196. The standard InChI is InChI=1S/C24H17BrINO4/c1-30-22-12-16(10-19(13-27)17-4-6-18(7-5-17)24(28)29)11-21(25)23(22)31-14-15-2-8-20(26)9-3-15/h2-12H,14H2,1H3,(H,28,29)/b19-10-. The van der Waals surface area contributed by atoms with Gasteiger partial charge in [-0.05, 0) is 97.7 Å². The lowest BCUT2D eigenvalue weighted by Gasteiger charge is -2.14. The summed E-state index contributed by atoms with van der Waals surface area (Å²) in [4.78, 5) is 11.0. The van der Waals surface area contributed by atoms with Gasteiger partial charge >= 0.3 is 5.97 Å². The molecule has 0 saturated carbocycles. The largest absolute Gasteiger partial charge is 0.493 e. The number of nitrogens with zero attached hydrogens (tertiary/aromatic N) is 1. The molecule has 0 radical (unpaired) electrons. The highest BCUT2D eigenvalue weighted by atomic mass is 127. The van der Waals surface area contributed by atoms with Crippen molar-refractivity contribution in [2.24, 2.45) is 0 Å². The summed E-state index contributed by atoms with van der Waals surface area (Å²) in [5, 5.41) is 18.6. The summed E-state index contributed by atoms with van der Waals surface area (Å²) >= 11 is 5.79. The molecule has 1 N–H and O–H groups in total. The predicted molar refractivity (Wildman–Crippen MR) is 131 cm³/mol. The van der Waals surface area contributed by atoms with Gasteiger partial charge in [0.25, 0.3) is 0 Å². The number of methoxy groups -OCH3 is 1.